The Labute approximate surface area is 148 Å². The average molecular weight is 343 g/mol. The minimum atomic E-state index is 0.0367. The van der Waals surface area contributed by atoms with Gasteiger partial charge in [0.2, 0.25) is 11.8 Å². The van der Waals surface area contributed by atoms with Gasteiger partial charge in [-0.15, -0.1) is 0 Å². The Hall–Kier alpha value is -2.11. The number of piperidine rings is 2. The Bertz CT molecular complexity index is 688. The lowest BCUT2D eigenvalue weighted by Gasteiger charge is -2.48. The van der Waals surface area contributed by atoms with E-state index in [0.29, 0.717) is 29.8 Å². The molecule has 6 nitrogen and oxygen atoms in total. The van der Waals surface area contributed by atoms with Gasteiger partial charge >= 0.3 is 0 Å². The molecule has 0 N–H and O–H groups in total. The maximum atomic E-state index is 12.9. The van der Waals surface area contributed by atoms with Crippen LogP contribution in [0.1, 0.15) is 48.9 Å². The van der Waals surface area contributed by atoms with Gasteiger partial charge in [-0.1, -0.05) is 0 Å². The van der Waals surface area contributed by atoms with Crippen LogP contribution in [0.5, 0.6) is 5.88 Å². The summed E-state index contributed by atoms with van der Waals surface area (Å²) in [6, 6.07) is 3.90. The summed E-state index contributed by atoms with van der Waals surface area (Å²) in [5.41, 5.74) is 0.691. The van der Waals surface area contributed by atoms with Gasteiger partial charge in [-0.25, -0.2) is 4.98 Å². The molecule has 0 aromatic carbocycles. The van der Waals surface area contributed by atoms with Gasteiger partial charge in [-0.05, 0) is 38.2 Å². The fourth-order valence-corrected chi connectivity index (χ4v) is 4.31. The van der Waals surface area contributed by atoms with Crippen molar-refractivity contribution in [3.8, 4) is 5.88 Å². The number of hydrogen-bond donors (Lipinski definition) is 0. The predicted molar refractivity (Wildman–Crippen MR) is 92.3 cm³/mol. The molecule has 25 heavy (non-hydrogen) atoms. The van der Waals surface area contributed by atoms with Gasteiger partial charge < -0.3 is 14.5 Å². The standard InChI is InChI=1S/C19H25N3O3/c1-25-16-11-14(6-9-20-16)18(24)21-10-2-7-19(12-21)8-5-17(23)22(13-19)15-3-4-15/h6,9,11,15H,2-5,7-8,10,12-13H2,1H3. The van der Waals surface area contributed by atoms with Crippen molar-refractivity contribution in [2.24, 2.45) is 5.41 Å². The quantitative estimate of drug-likeness (QED) is 0.843. The Morgan fingerprint density at radius 1 is 1.32 bits per heavy atom. The van der Waals surface area contributed by atoms with Crippen molar-refractivity contribution in [1.82, 2.24) is 14.8 Å². The summed E-state index contributed by atoms with van der Waals surface area (Å²) in [5.74, 6) is 0.797. The molecule has 2 amide bonds. The summed E-state index contributed by atoms with van der Waals surface area (Å²) < 4.78 is 5.14. The molecule has 1 unspecified atom stereocenters. The molecule has 1 spiro atoms. The van der Waals surface area contributed by atoms with Crippen molar-refractivity contribution in [3.63, 3.8) is 0 Å². The number of ether oxygens (including phenoxy) is 1. The zero-order chi connectivity index (χ0) is 17.4. The molecular weight excluding hydrogens is 318 g/mol. The number of methoxy groups -OCH3 is 1. The van der Waals surface area contributed by atoms with E-state index in [9.17, 15) is 9.59 Å². The summed E-state index contributed by atoms with van der Waals surface area (Å²) in [6.07, 6.45) is 7.52. The first-order chi connectivity index (χ1) is 12.1. The lowest BCUT2D eigenvalue weighted by atomic mass is 9.73. The van der Waals surface area contributed by atoms with Crippen LogP contribution >= 0.6 is 0 Å². The lowest BCUT2D eigenvalue weighted by molar-refractivity contribution is -0.139. The molecule has 6 heteroatoms. The molecule has 3 fully saturated rings. The van der Waals surface area contributed by atoms with Gasteiger partial charge in [0, 0.05) is 55.3 Å². The highest BCUT2D eigenvalue weighted by Crippen LogP contribution is 2.42. The number of carbonyl (C=O) groups excluding carboxylic acids is 2. The number of pyridine rings is 1. The first-order valence-electron chi connectivity index (χ1n) is 9.19. The van der Waals surface area contributed by atoms with Crippen molar-refractivity contribution in [1.29, 1.82) is 0 Å². The summed E-state index contributed by atoms with van der Waals surface area (Å²) in [7, 11) is 1.55. The normalized spacial score (nSPS) is 26.8. The number of hydrogen-bond acceptors (Lipinski definition) is 4. The van der Waals surface area contributed by atoms with Crippen molar-refractivity contribution in [2.75, 3.05) is 26.7 Å². The van der Waals surface area contributed by atoms with E-state index in [1.165, 1.54) is 0 Å². The zero-order valence-corrected chi connectivity index (χ0v) is 14.7. The third-order valence-electron chi connectivity index (χ3n) is 5.82. The average Bonchev–Trinajstić information content (AvgIpc) is 3.49. The molecule has 1 aromatic heterocycles. The lowest BCUT2D eigenvalue weighted by Crippen LogP contribution is -2.55. The first-order valence-corrected chi connectivity index (χ1v) is 9.19. The molecule has 2 saturated heterocycles. The highest BCUT2D eigenvalue weighted by molar-refractivity contribution is 5.94. The van der Waals surface area contributed by atoms with Crippen molar-refractivity contribution >= 4 is 11.8 Å². The van der Waals surface area contributed by atoms with Crippen LogP contribution in [-0.4, -0.2) is 59.4 Å². The van der Waals surface area contributed by atoms with Gasteiger partial charge in [0.1, 0.15) is 0 Å². The van der Waals surface area contributed by atoms with E-state index in [1.807, 2.05) is 4.90 Å². The molecular formula is C19H25N3O3. The molecule has 1 aromatic rings. The Kier molecular flexibility index (Phi) is 4.13. The molecule has 3 aliphatic rings. The van der Waals surface area contributed by atoms with E-state index in [0.717, 1.165) is 51.7 Å². The highest BCUT2D eigenvalue weighted by atomic mass is 16.5. The molecule has 2 aliphatic heterocycles. The number of likely N-dealkylation sites (tertiary alicyclic amines) is 2. The number of carbonyl (C=O) groups is 2. The van der Waals surface area contributed by atoms with E-state index in [-0.39, 0.29) is 11.3 Å². The highest BCUT2D eigenvalue weighted by Gasteiger charge is 2.46. The minimum absolute atomic E-state index is 0.0367. The monoisotopic (exact) mass is 343 g/mol. The fourth-order valence-electron chi connectivity index (χ4n) is 4.31. The number of nitrogens with zero attached hydrogens (tertiary/aromatic N) is 3. The Balaban J connectivity index is 1.50. The molecule has 0 bridgehead atoms. The van der Waals surface area contributed by atoms with Crippen LogP contribution in [0.2, 0.25) is 0 Å². The molecule has 3 heterocycles. The van der Waals surface area contributed by atoms with Crippen LogP contribution in [-0.2, 0) is 4.79 Å². The second-order valence-electron chi connectivity index (χ2n) is 7.67. The van der Waals surface area contributed by atoms with Crippen LogP contribution < -0.4 is 4.74 Å². The van der Waals surface area contributed by atoms with Gasteiger partial charge in [-0.3, -0.25) is 9.59 Å². The van der Waals surface area contributed by atoms with Gasteiger partial charge in [0.05, 0.1) is 7.11 Å². The number of aromatic nitrogens is 1. The van der Waals surface area contributed by atoms with Crippen LogP contribution in [0.3, 0.4) is 0 Å². The van der Waals surface area contributed by atoms with Gasteiger partial charge in [-0.2, -0.15) is 0 Å². The van der Waals surface area contributed by atoms with Crippen molar-refractivity contribution < 1.29 is 14.3 Å². The zero-order valence-electron chi connectivity index (χ0n) is 14.7. The molecule has 1 atom stereocenters. The van der Waals surface area contributed by atoms with Crippen LogP contribution in [0, 0.1) is 5.41 Å². The maximum absolute atomic E-state index is 12.9. The van der Waals surface area contributed by atoms with Gasteiger partial charge in [0.25, 0.3) is 5.91 Å². The Morgan fingerprint density at radius 3 is 2.92 bits per heavy atom. The summed E-state index contributed by atoms with van der Waals surface area (Å²) in [6.45, 7) is 2.34. The topological polar surface area (TPSA) is 62.7 Å². The smallest absolute Gasteiger partial charge is 0.254 e. The SMILES string of the molecule is COc1cc(C(=O)N2CCCC3(CCC(=O)N(C4CC4)C3)C2)ccn1. The van der Waals surface area contributed by atoms with E-state index in [1.54, 1.807) is 25.4 Å². The number of amides is 2. The Morgan fingerprint density at radius 2 is 2.16 bits per heavy atom. The third-order valence-corrected chi connectivity index (χ3v) is 5.82. The maximum Gasteiger partial charge on any atom is 0.254 e. The van der Waals surface area contributed by atoms with Crippen molar-refractivity contribution in [2.45, 2.75) is 44.6 Å². The third kappa shape index (κ3) is 3.22. The summed E-state index contributed by atoms with van der Waals surface area (Å²) >= 11 is 0. The molecule has 1 aliphatic carbocycles. The van der Waals surface area contributed by atoms with Gasteiger partial charge in [0.15, 0.2) is 0 Å². The van der Waals surface area contributed by atoms with E-state index in [2.05, 4.69) is 9.88 Å². The molecule has 1 saturated carbocycles. The minimum Gasteiger partial charge on any atom is -0.481 e. The predicted octanol–water partition coefficient (Wildman–Crippen LogP) is 2.10. The van der Waals surface area contributed by atoms with Crippen LogP contribution in [0.15, 0.2) is 18.3 Å². The van der Waals surface area contributed by atoms with Crippen molar-refractivity contribution in [3.05, 3.63) is 23.9 Å². The van der Waals surface area contributed by atoms with E-state index in [4.69, 9.17) is 4.74 Å². The van der Waals surface area contributed by atoms with Crippen LogP contribution in [0.25, 0.3) is 0 Å². The van der Waals surface area contributed by atoms with E-state index < -0.39 is 0 Å². The largest absolute Gasteiger partial charge is 0.481 e. The molecule has 134 valence electrons. The second-order valence-corrected chi connectivity index (χ2v) is 7.67. The second kappa shape index (κ2) is 6.32. The van der Waals surface area contributed by atoms with E-state index >= 15 is 0 Å². The molecule has 0 radical (unpaired) electrons. The number of rotatable bonds is 3. The fraction of sp³-hybridized carbons (Fsp3) is 0.632. The molecule has 4 rings (SSSR count). The van der Waals surface area contributed by atoms with Crippen LogP contribution in [0.4, 0.5) is 0 Å². The summed E-state index contributed by atoms with van der Waals surface area (Å²) in [4.78, 5) is 33.3. The first kappa shape index (κ1) is 16.4. The summed E-state index contributed by atoms with van der Waals surface area (Å²) in [5, 5.41) is 0.